The van der Waals surface area contributed by atoms with Gasteiger partial charge in [0.25, 0.3) is 0 Å². The van der Waals surface area contributed by atoms with E-state index >= 15 is 0 Å². The fourth-order valence-electron chi connectivity index (χ4n) is 2.76. The lowest BCUT2D eigenvalue weighted by Crippen LogP contribution is -2.37. The quantitative estimate of drug-likeness (QED) is 0.327. The summed E-state index contributed by atoms with van der Waals surface area (Å²) in [6.07, 6.45) is 0. The van der Waals surface area contributed by atoms with Gasteiger partial charge in [0.2, 0.25) is 15.9 Å². The number of hydrogen-bond acceptors (Lipinski definition) is 3. The fraction of sp³-hybridized carbons (Fsp3) is 0.0952. The number of rotatable bonds is 7. The van der Waals surface area contributed by atoms with E-state index in [2.05, 4.69) is 37.2 Å². The van der Waals surface area contributed by atoms with Crippen LogP contribution < -0.4 is 5.32 Å². The van der Waals surface area contributed by atoms with Crippen molar-refractivity contribution in [1.29, 1.82) is 0 Å². The van der Waals surface area contributed by atoms with E-state index < -0.39 is 28.3 Å². The first-order chi connectivity index (χ1) is 15.1. The highest BCUT2D eigenvalue weighted by molar-refractivity contribution is 9.10. The summed E-state index contributed by atoms with van der Waals surface area (Å²) in [5, 5.41) is 3.06. The van der Waals surface area contributed by atoms with Crippen LogP contribution in [0.2, 0.25) is 10.0 Å². The molecule has 0 bridgehead atoms. The third kappa shape index (κ3) is 6.30. The number of carbonyl (C=O) groups excluding carboxylic acids is 1. The molecule has 0 aromatic heterocycles. The van der Waals surface area contributed by atoms with Crippen molar-refractivity contribution in [2.24, 2.45) is 0 Å². The van der Waals surface area contributed by atoms with Crippen LogP contribution in [0.15, 0.2) is 74.5 Å². The van der Waals surface area contributed by atoms with E-state index in [1.807, 2.05) is 0 Å². The molecule has 0 unspecified atom stereocenters. The summed E-state index contributed by atoms with van der Waals surface area (Å²) in [5.41, 5.74) is 0.392. The third-order valence-corrected chi connectivity index (χ3v) is 7.75. The van der Waals surface area contributed by atoms with Gasteiger partial charge in [-0.1, -0.05) is 61.1 Å². The highest BCUT2D eigenvalue weighted by Gasteiger charge is 2.28. The van der Waals surface area contributed by atoms with Crippen molar-refractivity contribution in [2.75, 3.05) is 11.9 Å². The summed E-state index contributed by atoms with van der Waals surface area (Å²) in [6, 6.07) is 14.8. The van der Waals surface area contributed by atoms with Gasteiger partial charge in [0.05, 0.1) is 17.1 Å². The summed E-state index contributed by atoms with van der Waals surface area (Å²) >= 11 is 18.6. The minimum atomic E-state index is -4.09. The fourth-order valence-corrected chi connectivity index (χ4v) is 5.20. The van der Waals surface area contributed by atoms with Crippen LogP contribution in [0.25, 0.3) is 0 Å². The first kappa shape index (κ1) is 25.1. The van der Waals surface area contributed by atoms with Gasteiger partial charge < -0.3 is 5.32 Å². The molecule has 0 aliphatic heterocycles. The Kier molecular flexibility index (Phi) is 8.35. The number of hydrogen-bond donors (Lipinski definition) is 1. The van der Waals surface area contributed by atoms with E-state index in [-0.39, 0.29) is 22.2 Å². The van der Waals surface area contributed by atoms with Crippen LogP contribution in [0, 0.1) is 5.82 Å². The zero-order valence-corrected chi connectivity index (χ0v) is 21.7. The lowest BCUT2D eigenvalue weighted by Gasteiger charge is -2.22. The molecule has 0 saturated carbocycles. The molecule has 5 nitrogen and oxygen atoms in total. The monoisotopic (exact) mass is 622 g/mol. The van der Waals surface area contributed by atoms with Gasteiger partial charge in [0.15, 0.2) is 0 Å². The number of amides is 1. The van der Waals surface area contributed by atoms with E-state index in [9.17, 15) is 17.6 Å². The van der Waals surface area contributed by atoms with Gasteiger partial charge in [-0.3, -0.25) is 4.79 Å². The molecule has 1 N–H and O–H groups in total. The predicted molar refractivity (Wildman–Crippen MR) is 131 cm³/mol. The zero-order valence-electron chi connectivity index (χ0n) is 16.2. The molecule has 0 radical (unpaired) electrons. The molecular formula is C21H15Br2Cl2FN2O3S. The van der Waals surface area contributed by atoms with Gasteiger partial charge in [-0.2, -0.15) is 4.31 Å². The largest absolute Gasteiger partial charge is 0.322 e. The first-order valence-electron chi connectivity index (χ1n) is 9.01. The lowest BCUT2D eigenvalue weighted by atomic mass is 10.2. The van der Waals surface area contributed by atoms with Crippen molar-refractivity contribution in [3.05, 3.63) is 91.0 Å². The molecule has 1 amide bonds. The number of carbonyl (C=O) groups is 1. The van der Waals surface area contributed by atoms with Crippen LogP contribution in [-0.2, 0) is 21.4 Å². The van der Waals surface area contributed by atoms with E-state index in [4.69, 9.17) is 23.2 Å². The molecule has 0 saturated heterocycles. The average Bonchev–Trinajstić information content (AvgIpc) is 2.71. The Hall–Kier alpha value is -1.49. The normalized spacial score (nSPS) is 11.6. The zero-order chi connectivity index (χ0) is 23.5. The van der Waals surface area contributed by atoms with Crippen LogP contribution in [0.1, 0.15) is 5.56 Å². The third-order valence-electron chi connectivity index (χ3n) is 4.34. The Morgan fingerprint density at radius 2 is 1.62 bits per heavy atom. The highest BCUT2D eigenvalue weighted by atomic mass is 79.9. The van der Waals surface area contributed by atoms with Gasteiger partial charge in [-0.15, -0.1) is 0 Å². The van der Waals surface area contributed by atoms with Crippen LogP contribution in [0.4, 0.5) is 10.1 Å². The molecule has 3 rings (SSSR count). The van der Waals surface area contributed by atoms with Gasteiger partial charge in [0.1, 0.15) is 5.82 Å². The van der Waals surface area contributed by atoms with Crippen LogP contribution in [-0.4, -0.2) is 25.2 Å². The second-order valence-electron chi connectivity index (χ2n) is 6.64. The number of sulfonamides is 1. The maximum absolute atomic E-state index is 14.1. The van der Waals surface area contributed by atoms with Gasteiger partial charge in [-0.25, -0.2) is 12.8 Å². The van der Waals surface area contributed by atoms with Crippen molar-refractivity contribution in [1.82, 2.24) is 4.31 Å². The Morgan fingerprint density at radius 1 is 0.969 bits per heavy atom. The second-order valence-corrected chi connectivity index (χ2v) is 11.2. The standard InChI is InChI=1S/C21H15Br2Cl2FN2O3S/c22-14-2-6-17(7-3-14)32(30,31)28(11-13-1-5-16(24)10-18(13)25)12-21(29)27-20-8-4-15(23)9-19(20)26/h1-10H,11-12H2,(H,27,29). The van der Waals surface area contributed by atoms with Crippen LogP contribution >= 0.6 is 55.1 Å². The topological polar surface area (TPSA) is 66.5 Å². The molecule has 0 atom stereocenters. The molecule has 3 aromatic rings. The molecule has 0 fully saturated rings. The van der Waals surface area contributed by atoms with Crippen molar-refractivity contribution in [3.8, 4) is 0 Å². The number of anilines is 1. The summed E-state index contributed by atoms with van der Waals surface area (Å²) in [7, 11) is -4.09. The van der Waals surface area contributed by atoms with E-state index in [0.29, 0.717) is 19.5 Å². The van der Waals surface area contributed by atoms with E-state index in [1.165, 1.54) is 30.3 Å². The molecule has 0 aliphatic rings. The lowest BCUT2D eigenvalue weighted by molar-refractivity contribution is -0.116. The van der Waals surface area contributed by atoms with Crippen molar-refractivity contribution < 1.29 is 17.6 Å². The molecule has 0 heterocycles. The highest BCUT2D eigenvalue weighted by Crippen LogP contribution is 2.26. The number of halogens is 5. The van der Waals surface area contributed by atoms with Crippen LogP contribution in [0.5, 0.6) is 0 Å². The summed E-state index contributed by atoms with van der Waals surface area (Å²) in [6.45, 7) is -0.752. The maximum atomic E-state index is 14.1. The number of benzene rings is 3. The molecule has 11 heteroatoms. The first-order valence-corrected chi connectivity index (χ1v) is 12.8. The van der Waals surface area contributed by atoms with E-state index in [0.717, 1.165) is 4.31 Å². The van der Waals surface area contributed by atoms with Gasteiger partial charge in [0, 0.05) is 25.5 Å². The minimum Gasteiger partial charge on any atom is -0.322 e. The molecular weight excluding hydrogens is 610 g/mol. The number of nitrogens with zero attached hydrogens (tertiary/aromatic N) is 1. The minimum absolute atomic E-state index is 0.00610. The molecule has 168 valence electrons. The Labute approximate surface area is 211 Å². The number of nitrogens with one attached hydrogen (secondary N) is 1. The van der Waals surface area contributed by atoms with Crippen molar-refractivity contribution in [2.45, 2.75) is 11.4 Å². The Bertz CT molecular complexity index is 1260. The predicted octanol–water partition coefficient (Wildman–Crippen LogP) is 6.49. The summed E-state index contributed by atoms with van der Waals surface area (Å²) < 4.78 is 42.9. The van der Waals surface area contributed by atoms with Crippen molar-refractivity contribution >= 4 is 76.7 Å². The van der Waals surface area contributed by atoms with Crippen LogP contribution in [0.3, 0.4) is 0 Å². The van der Waals surface area contributed by atoms with Gasteiger partial charge >= 0.3 is 0 Å². The molecule has 0 aliphatic carbocycles. The maximum Gasteiger partial charge on any atom is 0.243 e. The second kappa shape index (κ2) is 10.6. The molecule has 0 spiro atoms. The Morgan fingerprint density at radius 3 is 2.25 bits per heavy atom. The molecule has 3 aromatic carbocycles. The SMILES string of the molecule is O=C(CN(Cc1ccc(Cl)cc1Cl)S(=O)(=O)c1ccc(Br)cc1)Nc1ccc(Br)cc1F. The molecule has 32 heavy (non-hydrogen) atoms. The van der Waals surface area contributed by atoms with Gasteiger partial charge in [-0.05, 0) is 60.2 Å². The average molecular weight is 625 g/mol. The Balaban J connectivity index is 1.92. The van der Waals surface area contributed by atoms with Crippen molar-refractivity contribution in [3.63, 3.8) is 0 Å². The summed E-state index contributed by atoms with van der Waals surface area (Å²) in [5.74, 6) is -1.37. The summed E-state index contributed by atoms with van der Waals surface area (Å²) in [4.78, 5) is 12.7. The smallest absolute Gasteiger partial charge is 0.243 e. The van der Waals surface area contributed by atoms with E-state index in [1.54, 1.807) is 30.3 Å².